The molecule has 2 heterocycles. The van der Waals surface area contributed by atoms with Crippen LogP contribution in [0.5, 0.6) is 0 Å². The van der Waals surface area contributed by atoms with Gasteiger partial charge in [0.1, 0.15) is 0 Å². The van der Waals surface area contributed by atoms with Gasteiger partial charge in [-0.3, -0.25) is 0 Å². The molecule has 3 aromatic rings. The lowest BCUT2D eigenvalue weighted by atomic mass is 10.00. The first-order chi connectivity index (χ1) is 9.93. The topological polar surface area (TPSA) is 4.93 Å². The maximum atomic E-state index is 2.47. The summed E-state index contributed by atoms with van der Waals surface area (Å²) in [6, 6.07) is 19.6. The van der Waals surface area contributed by atoms with Crippen molar-refractivity contribution in [3.8, 4) is 0 Å². The summed E-state index contributed by atoms with van der Waals surface area (Å²) in [6.07, 6.45) is 6.64. The summed E-state index contributed by atoms with van der Waals surface area (Å²) in [5, 5.41) is 1.41. The van der Waals surface area contributed by atoms with Crippen LogP contribution in [0.1, 0.15) is 16.8 Å². The highest BCUT2D eigenvalue weighted by Gasteiger charge is 2.17. The summed E-state index contributed by atoms with van der Waals surface area (Å²) in [4.78, 5) is 0. The number of allylic oxidation sites excluding steroid dienone is 2. The van der Waals surface area contributed by atoms with E-state index in [2.05, 4.69) is 71.3 Å². The molecule has 1 aliphatic rings. The first-order valence-electron chi connectivity index (χ1n) is 7.21. The molecule has 1 aromatic heterocycles. The fourth-order valence-corrected chi connectivity index (χ4v) is 3.24. The minimum Gasteiger partial charge on any atom is -0.340 e. The van der Waals surface area contributed by atoms with E-state index in [1.54, 1.807) is 0 Å². The van der Waals surface area contributed by atoms with Crippen molar-refractivity contribution in [1.82, 2.24) is 4.57 Å². The second-order valence-electron chi connectivity index (χ2n) is 5.39. The van der Waals surface area contributed by atoms with Gasteiger partial charge in [0.25, 0.3) is 0 Å². The molecule has 1 nitrogen and oxygen atoms in total. The second-order valence-corrected chi connectivity index (χ2v) is 5.39. The smallest absolute Gasteiger partial charge is 0.0488 e. The molecule has 20 heavy (non-hydrogen) atoms. The maximum Gasteiger partial charge on any atom is 0.0488 e. The Bertz CT molecular complexity index is 778. The van der Waals surface area contributed by atoms with Gasteiger partial charge in [-0.2, -0.15) is 0 Å². The third kappa shape index (κ3) is 1.78. The normalized spacial score (nSPS) is 13.6. The van der Waals surface area contributed by atoms with Gasteiger partial charge in [-0.1, -0.05) is 60.7 Å². The molecule has 0 bridgehead atoms. The summed E-state index contributed by atoms with van der Waals surface area (Å²) in [5.41, 5.74) is 5.74. The number of rotatable bonds is 2. The van der Waals surface area contributed by atoms with Gasteiger partial charge >= 0.3 is 0 Å². The van der Waals surface area contributed by atoms with Crippen LogP contribution in [0.4, 0.5) is 0 Å². The van der Waals surface area contributed by atoms with Crippen LogP contribution in [0.25, 0.3) is 10.9 Å². The zero-order chi connectivity index (χ0) is 13.4. The van der Waals surface area contributed by atoms with Crippen LogP contribution < -0.4 is 0 Å². The van der Waals surface area contributed by atoms with E-state index in [0.29, 0.717) is 0 Å². The lowest BCUT2D eigenvalue weighted by Crippen LogP contribution is -2.06. The van der Waals surface area contributed by atoms with Crippen LogP contribution in [0.3, 0.4) is 0 Å². The first-order valence-corrected chi connectivity index (χ1v) is 7.21. The highest BCUT2D eigenvalue weighted by Crippen LogP contribution is 2.30. The molecule has 1 aliphatic heterocycles. The number of aromatic nitrogens is 1. The molecule has 0 amide bonds. The number of nitrogens with zero attached hydrogens (tertiary/aromatic N) is 1. The van der Waals surface area contributed by atoms with E-state index >= 15 is 0 Å². The van der Waals surface area contributed by atoms with Gasteiger partial charge in [0.05, 0.1) is 0 Å². The van der Waals surface area contributed by atoms with Crippen LogP contribution in [-0.4, -0.2) is 4.57 Å². The summed E-state index contributed by atoms with van der Waals surface area (Å²) < 4.78 is 2.47. The molecule has 0 fully saturated rings. The summed E-state index contributed by atoms with van der Waals surface area (Å²) in [5.74, 6) is 0. The molecule has 0 atom stereocenters. The Morgan fingerprint density at radius 1 is 0.850 bits per heavy atom. The Hall–Kier alpha value is -2.28. The average molecular weight is 259 g/mol. The third-order valence-electron chi connectivity index (χ3n) is 4.18. The van der Waals surface area contributed by atoms with Gasteiger partial charge < -0.3 is 4.57 Å². The van der Waals surface area contributed by atoms with Crippen LogP contribution in [0.15, 0.2) is 66.7 Å². The van der Waals surface area contributed by atoms with Crippen LogP contribution >= 0.6 is 0 Å². The predicted molar refractivity (Wildman–Crippen MR) is 84.0 cm³/mol. The van der Waals surface area contributed by atoms with Gasteiger partial charge in [0, 0.05) is 29.6 Å². The summed E-state index contributed by atoms with van der Waals surface area (Å²) >= 11 is 0. The Labute approximate surface area is 119 Å². The van der Waals surface area contributed by atoms with Gasteiger partial charge in [-0.05, 0) is 23.6 Å². The highest BCUT2D eigenvalue weighted by molar-refractivity contribution is 5.86. The van der Waals surface area contributed by atoms with E-state index in [0.717, 1.165) is 19.4 Å². The summed E-state index contributed by atoms with van der Waals surface area (Å²) in [6.45, 7) is 1.00. The van der Waals surface area contributed by atoms with E-state index in [-0.39, 0.29) is 0 Å². The standard InChI is InChI=1S/C19H17N/c1-2-8-15(9-3-1)14-17-16-10-4-5-11-18(16)20-13-7-6-12-19(17)20/h1-11H,12-14H2. The summed E-state index contributed by atoms with van der Waals surface area (Å²) in [7, 11) is 0. The zero-order valence-corrected chi connectivity index (χ0v) is 11.4. The van der Waals surface area contributed by atoms with Crippen molar-refractivity contribution in [2.45, 2.75) is 19.4 Å². The molecule has 1 heteroatoms. The van der Waals surface area contributed by atoms with E-state index in [9.17, 15) is 0 Å². The van der Waals surface area contributed by atoms with E-state index in [4.69, 9.17) is 0 Å². The lowest BCUT2D eigenvalue weighted by molar-refractivity contribution is 0.773. The fraction of sp³-hybridized carbons (Fsp3) is 0.158. The Morgan fingerprint density at radius 3 is 2.55 bits per heavy atom. The molecule has 0 spiro atoms. The highest BCUT2D eigenvalue weighted by atomic mass is 15.0. The first kappa shape index (κ1) is 11.5. The van der Waals surface area contributed by atoms with Crippen molar-refractivity contribution < 1.29 is 0 Å². The average Bonchev–Trinajstić information content (AvgIpc) is 2.84. The van der Waals surface area contributed by atoms with Crippen molar-refractivity contribution >= 4 is 10.9 Å². The number of fused-ring (bicyclic) bond motifs is 3. The van der Waals surface area contributed by atoms with Crippen molar-refractivity contribution in [3.63, 3.8) is 0 Å². The van der Waals surface area contributed by atoms with Crippen LogP contribution in [-0.2, 0) is 19.4 Å². The minimum absolute atomic E-state index is 1.00. The number of hydrogen-bond donors (Lipinski definition) is 0. The van der Waals surface area contributed by atoms with Gasteiger partial charge in [-0.15, -0.1) is 0 Å². The molecule has 0 radical (unpaired) electrons. The van der Waals surface area contributed by atoms with Crippen LogP contribution in [0, 0.1) is 0 Å². The fourth-order valence-electron chi connectivity index (χ4n) is 3.24. The quantitative estimate of drug-likeness (QED) is 0.603. The molecular formula is C19H17N. The van der Waals surface area contributed by atoms with E-state index < -0.39 is 0 Å². The molecular weight excluding hydrogens is 242 g/mol. The lowest BCUT2D eigenvalue weighted by Gasteiger charge is -2.13. The van der Waals surface area contributed by atoms with Crippen molar-refractivity contribution in [3.05, 3.63) is 83.6 Å². The van der Waals surface area contributed by atoms with Crippen molar-refractivity contribution in [1.29, 1.82) is 0 Å². The molecule has 0 unspecified atom stereocenters. The molecule has 0 N–H and O–H groups in total. The largest absolute Gasteiger partial charge is 0.340 e. The Kier molecular flexibility index (Phi) is 2.70. The third-order valence-corrected chi connectivity index (χ3v) is 4.18. The van der Waals surface area contributed by atoms with Gasteiger partial charge in [0.2, 0.25) is 0 Å². The molecule has 0 saturated heterocycles. The van der Waals surface area contributed by atoms with E-state index in [1.807, 2.05) is 0 Å². The second kappa shape index (κ2) is 4.68. The minimum atomic E-state index is 1.00. The maximum absolute atomic E-state index is 2.47. The van der Waals surface area contributed by atoms with E-state index in [1.165, 1.54) is 27.7 Å². The number of para-hydroxylation sites is 1. The number of hydrogen-bond acceptors (Lipinski definition) is 0. The van der Waals surface area contributed by atoms with Crippen LogP contribution in [0.2, 0.25) is 0 Å². The molecule has 0 aliphatic carbocycles. The van der Waals surface area contributed by atoms with Crippen molar-refractivity contribution in [2.24, 2.45) is 0 Å². The van der Waals surface area contributed by atoms with Gasteiger partial charge in [0.15, 0.2) is 0 Å². The van der Waals surface area contributed by atoms with Crippen molar-refractivity contribution in [2.75, 3.05) is 0 Å². The number of benzene rings is 2. The van der Waals surface area contributed by atoms with Gasteiger partial charge in [-0.25, -0.2) is 0 Å². The predicted octanol–water partition coefficient (Wildman–Crippen LogP) is 4.34. The Balaban J connectivity index is 1.90. The zero-order valence-electron chi connectivity index (χ0n) is 11.4. The Morgan fingerprint density at radius 2 is 1.65 bits per heavy atom. The molecule has 4 rings (SSSR count). The SMILES string of the molecule is C1=CCn2c(c(Cc3ccccc3)c3ccccc32)C1. The molecule has 98 valence electrons. The molecule has 0 saturated carbocycles. The monoisotopic (exact) mass is 259 g/mol. The molecule has 2 aromatic carbocycles.